The van der Waals surface area contributed by atoms with E-state index in [0.29, 0.717) is 25.1 Å². The summed E-state index contributed by atoms with van der Waals surface area (Å²) in [4.78, 5) is 36.6. The second-order valence-corrected chi connectivity index (χ2v) is 7.91. The first-order valence-electron chi connectivity index (χ1n) is 9.57. The third-order valence-electron chi connectivity index (χ3n) is 5.01. The summed E-state index contributed by atoms with van der Waals surface area (Å²) in [6.07, 6.45) is 4.03. The number of aryl methyl sites for hydroxylation is 1. The molecule has 7 nitrogen and oxygen atoms in total. The van der Waals surface area contributed by atoms with Gasteiger partial charge >= 0.3 is 5.97 Å². The van der Waals surface area contributed by atoms with Gasteiger partial charge in [-0.3, -0.25) is 9.59 Å². The highest BCUT2D eigenvalue weighted by atomic mass is 79.9. The summed E-state index contributed by atoms with van der Waals surface area (Å²) in [7, 11) is 1.83. The van der Waals surface area contributed by atoms with Gasteiger partial charge < -0.3 is 19.9 Å². The molecule has 1 aliphatic rings. The zero-order valence-corrected chi connectivity index (χ0v) is 18.0. The second kappa shape index (κ2) is 9.26. The number of aromatic nitrogens is 1. The number of benzene rings is 1. The number of ether oxygens (including phenoxy) is 1. The van der Waals surface area contributed by atoms with Crippen LogP contribution in [-0.4, -0.2) is 41.5 Å². The minimum atomic E-state index is -0.475. The highest BCUT2D eigenvalue weighted by molar-refractivity contribution is 9.10. The summed E-state index contributed by atoms with van der Waals surface area (Å²) in [6.45, 7) is 2.63. The lowest BCUT2D eigenvalue weighted by molar-refractivity contribution is -0.137. The van der Waals surface area contributed by atoms with Crippen molar-refractivity contribution in [2.75, 3.05) is 13.2 Å². The molecule has 29 heavy (non-hydrogen) atoms. The van der Waals surface area contributed by atoms with Crippen LogP contribution < -0.4 is 10.6 Å². The molecule has 0 aliphatic carbocycles. The quantitative estimate of drug-likeness (QED) is 0.489. The maximum atomic E-state index is 13.0. The lowest BCUT2D eigenvalue weighted by atomic mass is 9.98. The monoisotopic (exact) mass is 461 g/mol. The first-order chi connectivity index (χ1) is 13.9. The third kappa shape index (κ3) is 5.06. The molecule has 2 N–H and O–H groups in total. The molecule has 1 aliphatic heterocycles. The highest BCUT2D eigenvalue weighted by Gasteiger charge is 2.27. The van der Waals surface area contributed by atoms with Crippen molar-refractivity contribution in [2.45, 2.75) is 25.8 Å². The van der Waals surface area contributed by atoms with Crippen LogP contribution in [0.1, 0.15) is 30.3 Å². The maximum absolute atomic E-state index is 13.0. The van der Waals surface area contributed by atoms with Gasteiger partial charge in [0.05, 0.1) is 6.61 Å². The van der Waals surface area contributed by atoms with Gasteiger partial charge in [-0.2, -0.15) is 0 Å². The van der Waals surface area contributed by atoms with E-state index in [0.717, 1.165) is 15.4 Å². The normalized spacial score (nSPS) is 17.5. The molecule has 2 atom stereocenters. The topological polar surface area (TPSA) is 89.4 Å². The van der Waals surface area contributed by atoms with Crippen molar-refractivity contribution < 1.29 is 19.1 Å². The molecule has 154 valence electrons. The smallest absolute Gasteiger partial charge is 0.330 e. The number of carbonyl (C=O) groups is 3. The Balaban J connectivity index is 1.80. The predicted molar refractivity (Wildman–Crippen MR) is 113 cm³/mol. The number of nitrogens with zero attached hydrogens (tertiary/aromatic N) is 1. The van der Waals surface area contributed by atoms with Crippen molar-refractivity contribution >= 4 is 44.6 Å². The van der Waals surface area contributed by atoms with Gasteiger partial charge in [-0.05, 0) is 44.0 Å². The fraction of sp³-hybridized carbons (Fsp3) is 0.381. The zero-order chi connectivity index (χ0) is 21.0. The summed E-state index contributed by atoms with van der Waals surface area (Å²) >= 11 is 3.44. The molecule has 0 unspecified atom stereocenters. The van der Waals surface area contributed by atoms with Gasteiger partial charge in [0.1, 0.15) is 5.69 Å². The van der Waals surface area contributed by atoms with Gasteiger partial charge in [-0.25, -0.2) is 4.79 Å². The van der Waals surface area contributed by atoms with Crippen LogP contribution >= 0.6 is 15.9 Å². The summed E-state index contributed by atoms with van der Waals surface area (Å²) in [6, 6.07) is 7.17. The summed E-state index contributed by atoms with van der Waals surface area (Å²) < 4.78 is 7.68. The third-order valence-corrected chi connectivity index (χ3v) is 5.50. The summed E-state index contributed by atoms with van der Waals surface area (Å²) in [5.41, 5.74) is 1.44. The summed E-state index contributed by atoms with van der Waals surface area (Å²) in [5, 5.41) is 6.70. The van der Waals surface area contributed by atoms with Crippen LogP contribution in [0, 0.1) is 5.92 Å². The predicted octanol–water partition coefficient (Wildman–Crippen LogP) is 2.68. The number of halogens is 1. The van der Waals surface area contributed by atoms with Crippen LogP contribution in [0.15, 0.2) is 40.9 Å². The van der Waals surface area contributed by atoms with Crippen molar-refractivity contribution in [3.63, 3.8) is 0 Å². The maximum Gasteiger partial charge on any atom is 0.330 e. The van der Waals surface area contributed by atoms with Crippen molar-refractivity contribution in [2.24, 2.45) is 13.0 Å². The molecule has 3 rings (SSSR count). The average molecular weight is 462 g/mol. The minimum Gasteiger partial charge on any atom is -0.463 e. The van der Waals surface area contributed by atoms with Crippen molar-refractivity contribution in [3.8, 4) is 0 Å². The Bertz CT molecular complexity index is 966. The van der Waals surface area contributed by atoms with Gasteiger partial charge in [0.25, 0.3) is 5.91 Å². The molecule has 0 bridgehead atoms. The van der Waals surface area contributed by atoms with E-state index in [1.807, 2.05) is 35.9 Å². The molecule has 0 saturated carbocycles. The Morgan fingerprint density at radius 2 is 2.21 bits per heavy atom. The van der Waals surface area contributed by atoms with E-state index >= 15 is 0 Å². The number of carbonyl (C=O) groups excluding carboxylic acids is 3. The fourth-order valence-corrected chi connectivity index (χ4v) is 3.91. The van der Waals surface area contributed by atoms with Gasteiger partial charge in [-0.15, -0.1) is 0 Å². The number of rotatable bonds is 7. The van der Waals surface area contributed by atoms with E-state index in [1.54, 1.807) is 13.0 Å². The molecule has 2 aromatic rings. The molecular weight excluding hydrogens is 438 g/mol. The first-order valence-corrected chi connectivity index (χ1v) is 10.4. The molecule has 1 fully saturated rings. The lowest BCUT2D eigenvalue weighted by Gasteiger charge is -2.18. The van der Waals surface area contributed by atoms with Gasteiger partial charge in [0.2, 0.25) is 5.91 Å². The Labute approximate surface area is 177 Å². The Hall–Kier alpha value is -2.61. The van der Waals surface area contributed by atoms with Crippen molar-refractivity contribution in [1.29, 1.82) is 0 Å². The van der Waals surface area contributed by atoms with Crippen LogP contribution in [0.4, 0.5) is 0 Å². The van der Waals surface area contributed by atoms with E-state index in [9.17, 15) is 14.4 Å². The molecule has 0 spiro atoms. The first kappa shape index (κ1) is 21.1. The number of esters is 1. The molecule has 1 aromatic carbocycles. The van der Waals surface area contributed by atoms with E-state index < -0.39 is 12.0 Å². The SMILES string of the molecule is CCOC(=O)C=C[C@H](C[C@@H]1CCNC1=O)NC(=O)c1cc2cc(Br)ccc2n1C. The standard InChI is InChI=1S/C21H24BrN3O4/c1-3-29-19(26)7-5-16(11-13-8-9-23-20(13)27)24-21(28)18-12-14-10-15(22)4-6-17(14)25(18)2/h4-7,10,12-13,16H,3,8-9,11H2,1-2H3,(H,23,27)(H,24,28)/t13-,16+/m0/s1. The van der Waals surface area contributed by atoms with E-state index in [2.05, 4.69) is 26.6 Å². The fourth-order valence-electron chi connectivity index (χ4n) is 3.53. The zero-order valence-electron chi connectivity index (χ0n) is 16.4. The number of hydrogen-bond acceptors (Lipinski definition) is 4. The highest BCUT2D eigenvalue weighted by Crippen LogP contribution is 2.23. The molecule has 8 heteroatoms. The van der Waals surface area contributed by atoms with Crippen LogP contribution in [0.3, 0.4) is 0 Å². The lowest BCUT2D eigenvalue weighted by Crippen LogP contribution is -2.37. The summed E-state index contributed by atoms with van der Waals surface area (Å²) in [5.74, 6) is -0.965. The minimum absolute atomic E-state index is 0.0248. The van der Waals surface area contributed by atoms with Crippen LogP contribution in [-0.2, 0) is 21.4 Å². The van der Waals surface area contributed by atoms with E-state index in [4.69, 9.17) is 4.74 Å². The van der Waals surface area contributed by atoms with Gasteiger partial charge in [0, 0.05) is 47.0 Å². The van der Waals surface area contributed by atoms with Crippen molar-refractivity contribution in [3.05, 3.63) is 46.6 Å². The number of nitrogens with one attached hydrogen (secondary N) is 2. The number of fused-ring (bicyclic) bond motifs is 1. The number of amides is 2. The molecule has 2 heterocycles. The molecular formula is C21H24BrN3O4. The van der Waals surface area contributed by atoms with Crippen LogP contribution in [0.5, 0.6) is 0 Å². The molecule has 1 aromatic heterocycles. The Kier molecular flexibility index (Phi) is 6.74. The average Bonchev–Trinajstić information content (AvgIpc) is 3.22. The molecule has 2 amide bonds. The number of hydrogen-bond donors (Lipinski definition) is 2. The largest absolute Gasteiger partial charge is 0.463 e. The van der Waals surface area contributed by atoms with Crippen LogP contribution in [0.25, 0.3) is 10.9 Å². The van der Waals surface area contributed by atoms with Gasteiger partial charge in [0.15, 0.2) is 0 Å². The molecule has 0 radical (unpaired) electrons. The van der Waals surface area contributed by atoms with Crippen molar-refractivity contribution in [1.82, 2.24) is 15.2 Å². The van der Waals surface area contributed by atoms with Gasteiger partial charge in [-0.1, -0.05) is 22.0 Å². The Morgan fingerprint density at radius 3 is 2.90 bits per heavy atom. The van der Waals surface area contributed by atoms with E-state index in [1.165, 1.54) is 6.08 Å². The Morgan fingerprint density at radius 1 is 1.41 bits per heavy atom. The molecule has 1 saturated heterocycles. The second-order valence-electron chi connectivity index (χ2n) is 7.00. The van der Waals surface area contributed by atoms with E-state index in [-0.39, 0.29) is 24.3 Å². The van der Waals surface area contributed by atoms with Crippen LogP contribution in [0.2, 0.25) is 0 Å².